The summed E-state index contributed by atoms with van der Waals surface area (Å²) in [6.45, 7) is 40.5. The lowest BCUT2D eigenvalue weighted by atomic mass is 9.90. The van der Waals surface area contributed by atoms with Crippen LogP contribution in [0.5, 0.6) is 0 Å². The second-order valence-electron chi connectivity index (χ2n) is 18.2. The Bertz CT molecular complexity index is 4560. The van der Waals surface area contributed by atoms with Crippen LogP contribution in [-0.4, -0.2) is 19.5 Å². The first kappa shape index (κ1) is 49.9. The average Bonchev–Trinajstić information content (AvgIpc) is 4.04. The molecular weight excluding hydrogens is 1000 g/mol. The molecule has 366 valence electrons. The molecule has 0 radical (unpaired) electrons. The number of rotatable bonds is 8. The van der Waals surface area contributed by atoms with Crippen LogP contribution in [0.15, 0.2) is 170 Å². The molecule has 0 saturated heterocycles. The maximum atomic E-state index is 10.5. The van der Waals surface area contributed by atoms with E-state index in [4.69, 9.17) is 47.8 Å². The topological polar surface area (TPSA) is 184 Å². The fourth-order valence-electron chi connectivity index (χ4n) is 10.1. The van der Waals surface area contributed by atoms with Crippen molar-refractivity contribution < 1.29 is 0 Å². The summed E-state index contributed by atoms with van der Waals surface area (Å²) in [5, 5.41) is 53.1. The summed E-state index contributed by atoms with van der Waals surface area (Å²) in [6.07, 6.45) is 0. The van der Waals surface area contributed by atoms with Gasteiger partial charge in [-0.15, -0.1) is 0 Å². The van der Waals surface area contributed by atoms with Crippen molar-refractivity contribution in [1.82, 2.24) is 19.5 Å². The van der Waals surface area contributed by atoms with Crippen molar-refractivity contribution in [2.45, 2.75) is 0 Å². The molecule has 9 aromatic carbocycles. The van der Waals surface area contributed by atoms with Crippen molar-refractivity contribution in [2.24, 2.45) is 0 Å². The van der Waals surface area contributed by atoms with Crippen LogP contribution in [0.3, 0.4) is 0 Å². The lowest BCUT2D eigenvalue weighted by molar-refractivity contribution is 1.07. The van der Waals surface area contributed by atoms with Crippen molar-refractivity contribution in [3.63, 3.8) is 0 Å². The standard InChI is InChI=1S/C67H28N14/c1-73-51-25-47(26-52(32-51)74-2)55-31-48(67-79-65(42-12-8-6-9-13-42)78-66(80-67)43-14-10-7-11-15-43)30-54(46-21-39(34-68)20-40(22-46)35-69)64(55)81-60-18-16-44(62-49(37-71)23-41(36-70)24-58(62)76-4)28-56(60)57-29-45(17-19-61(57)81)63-50(38-72)27-53(75-3)33-59(63)77-5/h6-33H. The van der Waals surface area contributed by atoms with E-state index in [9.17, 15) is 26.3 Å². The van der Waals surface area contributed by atoms with Gasteiger partial charge in [-0.1, -0.05) is 97.1 Å². The maximum absolute atomic E-state index is 10.5. The molecule has 0 N–H and O–H groups in total. The number of hydrogen-bond donors (Lipinski definition) is 0. The quantitative estimate of drug-likeness (QED) is 0.135. The second-order valence-corrected chi connectivity index (χ2v) is 18.2. The predicted molar refractivity (Wildman–Crippen MR) is 307 cm³/mol. The molecule has 2 heterocycles. The van der Waals surface area contributed by atoms with Gasteiger partial charge in [0.15, 0.2) is 45.9 Å². The average molecular weight is 1030 g/mol. The minimum absolute atomic E-state index is 0.0694. The van der Waals surface area contributed by atoms with Gasteiger partial charge in [0.05, 0.1) is 96.6 Å². The SMILES string of the molecule is [C-]#[N+]c1cc([N+]#[C-])cc(-c2cc(-c3nc(-c4ccccc4)nc(-c4ccccc4)n3)cc(-c3cc(C#N)cc(C#N)c3)c2-n2c3ccc(-c4c(C#N)cc(C#N)cc4[N+]#[C-])cc3c3cc(-c4c(C#N)cc([N+]#[C-])cc4[N+]#[C-])ccc32)c1. The van der Waals surface area contributed by atoms with Gasteiger partial charge in [-0.25, -0.2) is 39.2 Å². The van der Waals surface area contributed by atoms with E-state index in [2.05, 4.69) is 48.5 Å². The summed E-state index contributed by atoms with van der Waals surface area (Å²) in [5.41, 5.74) is 8.01. The second kappa shape index (κ2) is 20.8. The third-order valence-corrected chi connectivity index (χ3v) is 13.6. The highest BCUT2D eigenvalue weighted by molar-refractivity contribution is 6.14. The Kier molecular flexibility index (Phi) is 12.8. The van der Waals surface area contributed by atoms with Gasteiger partial charge in [-0.05, 0) is 95.1 Å². The minimum Gasteiger partial charge on any atom is -0.308 e. The Morgan fingerprint density at radius 3 is 1.23 bits per heavy atom. The number of aromatic nitrogens is 4. The predicted octanol–water partition coefficient (Wildman–Crippen LogP) is 16.8. The first-order valence-electron chi connectivity index (χ1n) is 24.3. The third kappa shape index (κ3) is 8.94. The first-order valence-corrected chi connectivity index (χ1v) is 24.3. The van der Waals surface area contributed by atoms with Crippen molar-refractivity contribution >= 4 is 50.2 Å². The van der Waals surface area contributed by atoms with E-state index in [1.807, 2.05) is 108 Å². The van der Waals surface area contributed by atoms with Gasteiger partial charge in [0.25, 0.3) is 0 Å². The van der Waals surface area contributed by atoms with E-state index in [0.29, 0.717) is 94.8 Å². The van der Waals surface area contributed by atoms with E-state index in [-0.39, 0.29) is 67.6 Å². The van der Waals surface area contributed by atoms with E-state index in [0.717, 1.165) is 0 Å². The molecule has 0 bridgehead atoms. The van der Waals surface area contributed by atoms with Crippen molar-refractivity contribution in [3.05, 3.63) is 255 Å². The van der Waals surface area contributed by atoms with Gasteiger partial charge in [-0.2, -0.15) is 26.3 Å². The zero-order valence-corrected chi connectivity index (χ0v) is 41.9. The molecule has 0 aliphatic heterocycles. The molecule has 0 aliphatic rings. The van der Waals surface area contributed by atoms with Crippen LogP contribution in [0.25, 0.3) is 130 Å². The molecule has 0 amide bonds. The van der Waals surface area contributed by atoms with Crippen LogP contribution in [0, 0.1) is 89.5 Å². The number of nitriles is 5. The van der Waals surface area contributed by atoms with Gasteiger partial charge < -0.3 is 4.57 Å². The van der Waals surface area contributed by atoms with Gasteiger partial charge in [0, 0.05) is 60.8 Å². The number of nitrogens with zero attached hydrogens (tertiary/aromatic N) is 14. The molecule has 0 aliphatic carbocycles. The molecule has 81 heavy (non-hydrogen) atoms. The van der Waals surface area contributed by atoms with Crippen LogP contribution < -0.4 is 0 Å². The molecular formula is C67H28N14. The number of fused-ring (bicyclic) bond motifs is 3. The molecule has 2 aromatic heterocycles. The zero-order chi connectivity index (χ0) is 56.3. The Labute approximate surface area is 463 Å². The number of hydrogen-bond acceptors (Lipinski definition) is 8. The molecule has 0 saturated carbocycles. The highest BCUT2D eigenvalue weighted by Gasteiger charge is 2.26. The van der Waals surface area contributed by atoms with Crippen molar-refractivity contribution in [3.8, 4) is 115 Å². The molecule has 0 unspecified atom stereocenters. The first-order chi connectivity index (χ1) is 39.6. The molecule has 11 aromatic rings. The third-order valence-electron chi connectivity index (χ3n) is 13.6. The van der Waals surface area contributed by atoms with Crippen LogP contribution in [-0.2, 0) is 0 Å². The Morgan fingerprint density at radius 2 is 0.778 bits per heavy atom. The lowest BCUT2D eigenvalue weighted by Gasteiger charge is -2.22. The lowest BCUT2D eigenvalue weighted by Crippen LogP contribution is -2.04. The smallest absolute Gasteiger partial charge is 0.197 e. The van der Waals surface area contributed by atoms with E-state index >= 15 is 0 Å². The minimum atomic E-state index is 0.0694. The Morgan fingerprint density at radius 1 is 0.346 bits per heavy atom. The van der Waals surface area contributed by atoms with Crippen molar-refractivity contribution in [2.75, 3.05) is 0 Å². The van der Waals surface area contributed by atoms with Crippen molar-refractivity contribution in [1.29, 1.82) is 26.3 Å². The largest absolute Gasteiger partial charge is 0.308 e. The molecule has 11 rings (SSSR count). The Balaban J connectivity index is 1.34. The summed E-state index contributed by atoms with van der Waals surface area (Å²) in [4.78, 5) is 33.7. The van der Waals surface area contributed by atoms with E-state index in [1.165, 1.54) is 36.4 Å². The van der Waals surface area contributed by atoms with Crippen LogP contribution in [0.1, 0.15) is 27.8 Å². The fraction of sp³-hybridized carbons (Fsp3) is 0. The summed E-state index contributed by atoms with van der Waals surface area (Å²) >= 11 is 0. The molecule has 14 heteroatoms. The highest BCUT2D eigenvalue weighted by atomic mass is 15.0. The van der Waals surface area contributed by atoms with Gasteiger partial charge in [-0.3, -0.25) is 0 Å². The molecule has 0 spiro atoms. The summed E-state index contributed by atoms with van der Waals surface area (Å²) in [5.74, 6) is 0.991. The molecule has 14 nitrogen and oxygen atoms in total. The van der Waals surface area contributed by atoms with Crippen LogP contribution in [0.2, 0.25) is 0 Å². The molecule has 0 fully saturated rings. The summed E-state index contributed by atoms with van der Waals surface area (Å²) in [7, 11) is 0. The number of benzene rings is 9. The van der Waals surface area contributed by atoms with E-state index in [1.54, 1.807) is 36.4 Å². The Hall–Kier alpha value is -13.3. The normalized spacial score (nSPS) is 10.3. The molecule has 0 atom stereocenters. The van der Waals surface area contributed by atoms with Crippen LogP contribution in [0.4, 0.5) is 28.4 Å². The fourth-order valence-corrected chi connectivity index (χ4v) is 10.1. The summed E-state index contributed by atoms with van der Waals surface area (Å²) < 4.78 is 1.97. The van der Waals surface area contributed by atoms with Crippen LogP contribution >= 0.6 is 0 Å². The van der Waals surface area contributed by atoms with Gasteiger partial charge >= 0.3 is 0 Å². The van der Waals surface area contributed by atoms with Gasteiger partial charge in [0.1, 0.15) is 0 Å². The highest BCUT2D eigenvalue weighted by Crippen LogP contribution is 2.48. The monoisotopic (exact) mass is 1030 g/mol. The maximum Gasteiger partial charge on any atom is 0.197 e. The summed E-state index contributed by atoms with van der Waals surface area (Å²) in [6, 6.07) is 59.6. The zero-order valence-electron chi connectivity index (χ0n) is 41.9. The van der Waals surface area contributed by atoms with Gasteiger partial charge in [0.2, 0.25) is 0 Å². The van der Waals surface area contributed by atoms with E-state index < -0.39 is 0 Å².